The molecule has 2 heterocycles. The summed E-state index contributed by atoms with van der Waals surface area (Å²) < 4.78 is 2.05. The molecule has 0 aliphatic heterocycles. The lowest BCUT2D eigenvalue weighted by Crippen LogP contribution is -2.27. The lowest BCUT2D eigenvalue weighted by atomic mass is 10.3. The van der Waals surface area contributed by atoms with Crippen LogP contribution in [0.5, 0.6) is 0 Å². The normalized spacial score (nSPS) is 11.2. The third-order valence-corrected chi connectivity index (χ3v) is 4.63. The standard InChI is InChI=1S/C19H22ClN5O/c1-3-24(4-2)11-12-25-16-8-6-5-7-15(16)22-19(25)23-18(26)14-9-10-17(20)21-13-14/h5-10,13H,3-4,11-12H2,1-2H3,(H,22,23,26). The molecule has 0 bridgehead atoms. The van der Waals surface area contributed by atoms with Crippen molar-refractivity contribution in [3.05, 3.63) is 53.3 Å². The van der Waals surface area contributed by atoms with E-state index in [9.17, 15) is 4.79 Å². The summed E-state index contributed by atoms with van der Waals surface area (Å²) in [5, 5.41) is 3.26. The number of para-hydroxylation sites is 2. The number of amides is 1. The number of nitrogens with zero attached hydrogens (tertiary/aromatic N) is 4. The summed E-state index contributed by atoms with van der Waals surface area (Å²) in [4.78, 5) is 23.4. The van der Waals surface area contributed by atoms with Gasteiger partial charge in [-0.1, -0.05) is 37.6 Å². The topological polar surface area (TPSA) is 63.0 Å². The fourth-order valence-electron chi connectivity index (χ4n) is 2.86. The molecule has 1 amide bonds. The largest absolute Gasteiger partial charge is 0.309 e. The van der Waals surface area contributed by atoms with Crippen LogP contribution in [0.4, 0.5) is 5.95 Å². The van der Waals surface area contributed by atoms with Gasteiger partial charge >= 0.3 is 0 Å². The van der Waals surface area contributed by atoms with Crippen LogP contribution in [0, 0.1) is 0 Å². The maximum atomic E-state index is 12.5. The second-order valence-electron chi connectivity index (χ2n) is 5.93. The molecular formula is C19H22ClN5O. The number of aromatic nitrogens is 3. The van der Waals surface area contributed by atoms with Gasteiger partial charge in [-0.2, -0.15) is 0 Å². The molecule has 3 aromatic rings. The molecule has 26 heavy (non-hydrogen) atoms. The number of hydrogen-bond acceptors (Lipinski definition) is 4. The first-order valence-electron chi connectivity index (χ1n) is 8.73. The van der Waals surface area contributed by atoms with Crippen LogP contribution in [0.15, 0.2) is 42.6 Å². The summed E-state index contributed by atoms with van der Waals surface area (Å²) in [6.07, 6.45) is 1.46. The van der Waals surface area contributed by atoms with Gasteiger partial charge in [0, 0.05) is 19.3 Å². The maximum absolute atomic E-state index is 12.5. The molecule has 3 rings (SSSR count). The molecule has 0 aliphatic carbocycles. The van der Waals surface area contributed by atoms with E-state index in [-0.39, 0.29) is 5.91 Å². The van der Waals surface area contributed by atoms with E-state index >= 15 is 0 Å². The molecule has 2 aromatic heterocycles. The van der Waals surface area contributed by atoms with E-state index in [1.165, 1.54) is 6.20 Å². The summed E-state index contributed by atoms with van der Waals surface area (Å²) in [6, 6.07) is 11.1. The molecule has 1 aromatic carbocycles. The summed E-state index contributed by atoms with van der Waals surface area (Å²) in [5.74, 6) is 0.284. The zero-order valence-corrected chi connectivity index (χ0v) is 15.7. The predicted molar refractivity (Wildman–Crippen MR) is 105 cm³/mol. The first-order chi connectivity index (χ1) is 12.6. The van der Waals surface area contributed by atoms with Gasteiger partial charge in [-0.25, -0.2) is 9.97 Å². The number of likely N-dealkylation sites (N-methyl/N-ethyl adjacent to an activating group) is 1. The van der Waals surface area contributed by atoms with Gasteiger partial charge in [0.1, 0.15) is 5.15 Å². The van der Waals surface area contributed by atoms with Crippen molar-refractivity contribution in [2.45, 2.75) is 20.4 Å². The van der Waals surface area contributed by atoms with Gasteiger partial charge in [-0.3, -0.25) is 10.1 Å². The van der Waals surface area contributed by atoms with Crippen molar-refractivity contribution in [2.75, 3.05) is 25.0 Å². The average molecular weight is 372 g/mol. The minimum atomic E-state index is -0.256. The number of carbonyl (C=O) groups excluding carboxylic acids is 1. The number of imidazole rings is 1. The van der Waals surface area contributed by atoms with E-state index in [0.717, 1.165) is 37.2 Å². The number of rotatable bonds is 7. The van der Waals surface area contributed by atoms with Crippen molar-refractivity contribution < 1.29 is 4.79 Å². The van der Waals surface area contributed by atoms with E-state index < -0.39 is 0 Å². The summed E-state index contributed by atoms with van der Waals surface area (Å²) in [5.41, 5.74) is 2.30. The third-order valence-electron chi connectivity index (χ3n) is 4.40. The Morgan fingerprint density at radius 1 is 1.19 bits per heavy atom. The Bertz CT molecular complexity index is 887. The van der Waals surface area contributed by atoms with E-state index in [1.54, 1.807) is 12.1 Å². The number of pyridine rings is 1. The Morgan fingerprint density at radius 3 is 2.65 bits per heavy atom. The smallest absolute Gasteiger partial charge is 0.259 e. The van der Waals surface area contributed by atoms with Crippen molar-refractivity contribution in [2.24, 2.45) is 0 Å². The van der Waals surface area contributed by atoms with Crippen LogP contribution in [0.25, 0.3) is 11.0 Å². The Kier molecular flexibility index (Phi) is 5.85. The Labute approximate surface area is 157 Å². The predicted octanol–water partition coefficient (Wildman–Crippen LogP) is 3.68. The quantitative estimate of drug-likeness (QED) is 0.643. The van der Waals surface area contributed by atoms with Crippen LogP contribution in [0.3, 0.4) is 0 Å². The van der Waals surface area contributed by atoms with Crippen LogP contribution < -0.4 is 5.32 Å². The lowest BCUT2D eigenvalue weighted by molar-refractivity contribution is 0.102. The number of halogens is 1. The van der Waals surface area contributed by atoms with E-state index in [0.29, 0.717) is 16.7 Å². The molecule has 1 N–H and O–H groups in total. The second-order valence-corrected chi connectivity index (χ2v) is 6.31. The number of fused-ring (bicyclic) bond motifs is 1. The first-order valence-corrected chi connectivity index (χ1v) is 9.10. The van der Waals surface area contributed by atoms with Gasteiger partial charge in [-0.15, -0.1) is 0 Å². The molecular weight excluding hydrogens is 350 g/mol. The number of benzene rings is 1. The highest BCUT2D eigenvalue weighted by molar-refractivity contribution is 6.29. The Balaban J connectivity index is 1.87. The molecule has 0 radical (unpaired) electrons. The zero-order valence-electron chi connectivity index (χ0n) is 14.9. The molecule has 0 unspecified atom stereocenters. The van der Waals surface area contributed by atoms with Gasteiger partial charge < -0.3 is 9.47 Å². The van der Waals surface area contributed by atoms with E-state index in [2.05, 4.69) is 38.6 Å². The molecule has 0 saturated heterocycles. The van der Waals surface area contributed by atoms with Crippen molar-refractivity contribution in [3.8, 4) is 0 Å². The van der Waals surface area contributed by atoms with Crippen molar-refractivity contribution in [1.82, 2.24) is 19.4 Å². The van der Waals surface area contributed by atoms with Crippen LogP contribution in [-0.4, -0.2) is 45.0 Å². The Hall–Kier alpha value is -2.44. The lowest BCUT2D eigenvalue weighted by Gasteiger charge is -2.19. The minimum Gasteiger partial charge on any atom is -0.309 e. The van der Waals surface area contributed by atoms with Crippen LogP contribution >= 0.6 is 11.6 Å². The zero-order chi connectivity index (χ0) is 18.5. The number of anilines is 1. The minimum absolute atomic E-state index is 0.256. The van der Waals surface area contributed by atoms with Crippen molar-refractivity contribution >= 4 is 34.5 Å². The van der Waals surface area contributed by atoms with Gasteiger partial charge in [0.15, 0.2) is 0 Å². The van der Waals surface area contributed by atoms with Crippen LogP contribution in [-0.2, 0) is 6.54 Å². The maximum Gasteiger partial charge on any atom is 0.259 e. The van der Waals surface area contributed by atoms with Crippen molar-refractivity contribution in [3.63, 3.8) is 0 Å². The highest BCUT2D eigenvalue weighted by Crippen LogP contribution is 2.20. The summed E-state index contributed by atoms with van der Waals surface area (Å²) in [7, 11) is 0. The summed E-state index contributed by atoms with van der Waals surface area (Å²) >= 11 is 5.79. The van der Waals surface area contributed by atoms with Gasteiger partial charge in [0.2, 0.25) is 5.95 Å². The highest BCUT2D eigenvalue weighted by atomic mass is 35.5. The molecule has 136 valence electrons. The molecule has 0 atom stereocenters. The van der Waals surface area contributed by atoms with Gasteiger partial charge in [0.25, 0.3) is 5.91 Å². The Morgan fingerprint density at radius 2 is 1.96 bits per heavy atom. The molecule has 0 spiro atoms. The highest BCUT2D eigenvalue weighted by Gasteiger charge is 2.15. The first kappa shape index (κ1) is 18.4. The number of hydrogen-bond donors (Lipinski definition) is 1. The van der Waals surface area contributed by atoms with Crippen LogP contribution in [0.2, 0.25) is 5.15 Å². The fraction of sp³-hybridized carbons (Fsp3) is 0.316. The van der Waals surface area contributed by atoms with Gasteiger partial charge in [-0.05, 0) is 37.4 Å². The third kappa shape index (κ3) is 4.03. The SMILES string of the molecule is CCN(CC)CCn1c(NC(=O)c2ccc(Cl)nc2)nc2ccccc21. The summed E-state index contributed by atoms with van der Waals surface area (Å²) in [6.45, 7) is 7.90. The second kappa shape index (κ2) is 8.29. The number of carbonyl (C=O) groups is 1. The van der Waals surface area contributed by atoms with Crippen molar-refractivity contribution in [1.29, 1.82) is 0 Å². The molecule has 0 fully saturated rings. The van der Waals surface area contributed by atoms with E-state index in [4.69, 9.17) is 11.6 Å². The van der Waals surface area contributed by atoms with Crippen LogP contribution in [0.1, 0.15) is 24.2 Å². The number of nitrogens with one attached hydrogen (secondary N) is 1. The molecule has 7 heteroatoms. The molecule has 6 nitrogen and oxygen atoms in total. The van der Waals surface area contributed by atoms with E-state index in [1.807, 2.05) is 24.3 Å². The average Bonchev–Trinajstić information content (AvgIpc) is 3.00. The monoisotopic (exact) mass is 371 g/mol. The molecule has 0 saturated carbocycles. The van der Waals surface area contributed by atoms with Gasteiger partial charge in [0.05, 0.1) is 16.6 Å². The fourth-order valence-corrected chi connectivity index (χ4v) is 2.97. The molecule has 0 aliphatic rings.